The van der Waals surface area contributed by atoms with Crippen molar-refractivity contribution < 1.29 is 4.74 Å². The molecule has 0 aliphatic carbocycles. The summed E-state index contributed by atoms with van der Waals surface area (Å²) >= 11 is 0. The van der Waals surface area contributed by atoms with Gasteiger partial charge in [0.15, 0.2) is 0 Å². The molecule has 1 fully saturated rings. The van der Waals surface area contributed by atoms with E-state index in [1.54, 1.807) is 13.4 Å². The third kappa shape index (κ3) is 5.53. The number of methoxy groups -OCH3 is 1. The normalized spacial score (nSPS) is 15.8. The van der Waals surface area contributed by atoms with Crippen LogP contribution in [0, 0.1) is 0 Å². The SMILES string of the molecule is COc1ccccc1C(C)CNc1cc(-c2ccc(NC3CCN(C)CC3)nc2)ncn1. The summed E-state index contributed by atoms with van der Waals surface area (Å²) in [7, 11) is 3.88. The maximum Gasteiger partial charge on any atom is 0.129 e. The van der Waals surface area contributed by atoms with E-state index in [-0.39, 0.29) is 5.92 Å². The Bertz CT molecular complexity index is 1000. The molecule has 3 aromatic rings. The van der Waals surface area contributed by atoms with Crippen LogP contribution in [0.3, 0.4) is 0 Å². The number of likely N-dealkylation sites (tertiary alicyclic amines) is 1. The number of hydrogen-bond acceptors (Lipinski definition) is 7. The summed E-state index contributed by atoms with van der Waals surface area (Å²) in [5, 5.41) is 6.99. The van der Waals surface area contributed by atoms with E-state index in [2.05, 4.69) is 56.6 Å². The zero-order valence-corrected chi connectivity index (χ0v) is 19.1. The van der Waals surface area contributed by atoms with E-state index >= 15 is 0 Å². The molecule has 1 atom stereocenters. The predicted molar refractivity (Wildman–Crippen MR) is 129 cm³/mol. The van der Waals surface area contributed by atoms with Crippen LogP contribution < -0.4 is 15.4 Å². The van der Waals surface area contributed by atoms with Gasteiger partial charge in [0.05, 0.1) is 12.8 Å². The maximum absolute atomic E-state index is 5.49. The van der Waals surface area contributed by atoms with Crippen LogP contribution in [0.2, 0.25) is 0 Å². The van der Waals surface area contributed by atoms with Crippen molar-refractivity contribution in [1.82, 2.24) is 19.9 Å². The number of aromatic nitrogens is 3. The summed E-state index contributed by atoms with van der Waals surface area (Å²) in [6.07, 6.45) is 5.76. The standard InChI is InChI=1S/C25H32N6O/c1-18(21-6-4-5-7-23(21)32-3)15-26-25-14-22(28-17-29-25)19-8-9-24(27-16-19)30-20-10-12-31(2)13-11-20/h4-9,14,16-18,20H,10-13,15H2,1-3H3,(H,27,30)(H,26,28,29). The van der Waals surface area contributed by atoms with Crippen molar-refractivity contribution in [3.05, 3.63) is 60.6 Å². The highest BCUT2D eigenvalue weighted by Gasteiger charge is 2.16. The largest absolute Gasteiger partial charge is 0.496 e. The van der Waals surface area contributed by atoms with Gasteiger partial charge in [0.1, 0.15) is 23.7 Å². The topological polar surface area (TPSA) is 75.2 Å². The lowest BCUT2D eigenvalue weighted by atomic mass is 10.00. The van der Waals surface area contributed by atoms with Crippen LogP contribution in [0.1, 0.15) is 31.2 Å². The van der Waals surface area contributed by atoms with Crippen molar-refractivity contribution in [2.75, 3.05) is 44.4 Å². The molecule has 1 aliphatic heterocycles. The number of rotatable bonds is 8. The molecule has 0 saturated carbocycles. The van der Waals surface area contributed by atoms with Crippen LogP contribution in [0.25, 0.3) is 11.3 Å². The Morgan fingerprint density at radius 1 is 1.06 bits per heavy atom. The van der Waals surface area contributed by atoms with Crippen molar-refractivity contribution in [3.63, 3.8) is 0 Å². The lowest BCUT2D eigenvalue weighted by Gasteiger charge is -2.29. The molecule has 0 radical (unpaired) electrons. The molecule has 7 nitrogen and oxygen atoms in total. The van der Waals surface area contributed by atoms with E-state index in [9.17, 15) is 0 Å². The average Bonchev–Trinajstić information content (AvgIpc) is 2.84. The number of nitrogens with zero attached hydrogens (tertiary/aromatic N) is 4. The van der Waals surface area contributed by atoms with Gasteiger partial charge in [-0.1, -0.05) is 25.1 Å². The lowest BCUT2D eigenvalue weighted by molar-refractivity contribution is 0.263. The third-order valence-electron chi connectivity index (χ3n) is 6.06. The fourth-order valence-corrected chi connectivity index (χ4v) is 4.05. The molecule has 1 saturated heterocycles. The minimum Gasteiger partial charge on any atom is -0.496 e. The first-order valence-corrected chi connectivity index (χ1v) is 11.2. The van der Waals surface area contributed by atoms with Gasteiger partial charge in [-0.25, -0.2) is 15.0 Å². The first-order chi connectivity index (χ1) is 15.6. The lowest BCUT2D eigenvalue weighted by Crippen LogP contribution is -2.36. The Hall–Kier alpha value is -3.19. The van der Waals surface area contributed by atoms with Gasteiger partial charge in [-0.15, -0.1) is 0 Å². The van der Waals surface area contributed by atoms with Gasteiger partial charge in [-0.2, -0.15) is 0 Å². The van der Waals surface area contributed by atoms with Crippen LogP contribution in [0.5, 0.6) is 5.75 Å². The van der Waals surface area contributed by atoms with Gasteiger partial charge >= 0.3 is 0 Å². The second-order valence-electron chi connectivity index (χ2n) is 8.47. The number of benzene rings is 1. The quantitative estimate of drug-likeness (QED) is 0.551. The Kier molecular flexibility index (Phi) is 7.17. The van der Waals surface area contributed by atoms with E-state index in [4.69, 9.17) is 4.74 Å². The zero-order chi connectivity index (χ0) is 22.3. The maximum atomic E-state index is 5.49. The molecule has 7 heteroatoms. The molecule has 1 unspecified atom stereocenters. The summed E-state index contributed by atoms with van der Waals surface area (Å²) < 4.78 is 5.49. The van der Waals surface area contributed by atoms with E-state index in [0.717, 1.165) is 61.1 Å². The number of nitrogens with one attached hydrogen (secondary N) is 2. The molecule has 2 aromatic heterocycles. The van der Waals surface area contributed by atoms with Gasteiger partial charge in [0.25, 0.3) is 0 Å². The van der Waals surface area contributed by atoms with Crippen LogP contribution in [0.4, 0.5) is 11.6 Å². The van der Waals surface area contributed by atoms with E-state index in [0.29, 0.717) is 6.04 Å². The molecule has 4 rings (SSSR count). The monoisotopic (exact) mass is 432 g/mol. The molecule has 2 N–H and O–H groups in total. The molecule has 1 aromatic carbocycles. The van der Waals surface area contributed by atoms with E-state index < -0.39 is 0 Å². The molecule has 0 spiro atoms. The molecular weight excluding hydrogens is 400 g/mol. The number of para-hydroxylation sites is 1. The van der Waals surface area contributed by atoms with Crippen LogP contribution in [0.15, 0.2) is 55.0 Å². The zero-order valence-electron chi connectivity index (χ0n) is 19.1. The van der Waals surface area contributed by atoms with Gasteiger partial charge in [-0.3, -0.25) is 0 Å². The first-order valence-electron chi connectivity index (χ1n) is 11.2. The number of anilines is 2. The second kappa shape index (κ2) is 10.4. The van der Waals surface area contributed by atoms with Gasteiger partial charge in [-0.05, 0) is 56.7 Å². The highest BCUT2D eigenvalue weighted by atomic mass is 16.5. The van der Waals surface area contributed by atoms with Crippen LogP contribution in [-0.2, 0) is 0 Å². The summed E-state index contributed by atoms with van der Waals surface area (Å²) in [6, 6.07) is 14.7. The molecular formula is C25H32N6O. The van der Waals surface area contributed by atoms with Crippen molar-refractivity contribution >= 4 is 11.6 Å². The smallest absolute Gasteiger partial charge is 0.129 e. The highest BCUT2D eigenvalue weighted by Crippen LogP contribution is 2.27. The summed E-state index contributed by atoms with van der Waals surface area (Å²) in [5.41, 5.74) is 3.00. The van der Waals surface area contributed by atoms with Crippen molar-refractivity contribution in [3.8, 4) is 17.0 Å². The Balaban J connectivity index is 1.37. The fraction of sp³-hybridized carbons (Fsp3) is 0.400. The summed E-state index contributed by atoms with van der Waals surface area (Å²) in [5.74, 6) is 2.90. The Morgan fingerprint density at radius 2 is 1.88 bits per heavy atom. The molecule has 32 heavy (non-hydrogen) atoms. The molecule has 1 aliphatic rings. The van der Waals surface area contributed by atoms with Crippen LogP contribution in [-0.4, -0.2) is 59.7 Å². The third-order valence-corrected chi connectivity index (χ3v) is 6.06. The number of pyridine rings is 1. The number of piperidine rings is 1. The highest BCUT2D eigenvalue weighted by molar-refractivity contribution is 5.62. The van der Waals surface area contributed by atoms with Gasteiger partial charge in [0, 0.05) is 36.3 Å². The predicted octanol–water partition coefficient (Wildman–Crippen LogP) is 4.27. The summed E-state index contributed by atoms with van der Waals surface area (Å²) in [4.78, 5) is 15.8. The van der Waals surface area contributed by atoms with E-state index in [1.807, 2.05) is 36.5 Å². The first kappa shape index (κ1) is 22.0. The fourth-order valence-electron chi connectivity index (χ4n) is 4.05. The number of ether oxygens (including phenoxy) is 1. The Labute approximate surface area is 190 Å². The minimum absolute atomic E-state index is 0.274. The molecule has 0 bridgehead atoms. The van der Waals surface area contributed by atoms with Gasteiger partial charge < -0.3 is 20.3 Å². The molecule has 0 amide bonds. The summed E-state index contributed by atoms with van der Waals surface area (Å²) in [6.45, 7) is 5.17. The van der Waals surface area contributed by atoms with Crippen LogP contribution >= 0.6 is 0 Å². The van der Waals surface area contributed by atoms with E-state index in [1.165, 1.54) is 5.56 Å². The molecule has 168 valence electrons. The Morgan fingerprint density at radius 3 is 2.62 bits per heavy atom. The van der Waals surface area contributed by atoms with Crippen molar-refractivity contribution in [1.29, 1.82) is 0 Å². The second-order valence-corrected chi connectivity index (χ2v) is 8.47. The minimum atomic E-state index is 0.274. The van der Waals surface area contributed by atoms with Crippen molar-refractivity contribution in [2.24, 2.45) is 0 Å². The number of hydrogen-bond donors (Lipinski definition) is 2. The van der Waals surface area contributed by atoms with Crippen molar-refractivity contribution in [2.45, 2.75) is 31.7 Å². The molecule has 3 heterocycles. The van der Waals surface area contributed by atoms with Gasteiger partial charge in [0.2, 0.25) is 0 Å². The average molecular weight is 433 g/mol.